The molecule has 2 nitrogen and oxygen atoms in total. The lowest BCUT2D eigenvalue weighted by atomic mass is 9.86. The third kappa shape index (κ3) is 3.78. The number of rotatable bonds is 3. The van der Waals surface area contributed by atoms with Crippen LogP contribution in [0.5, 0.6) is 0 Å². The van der Waals surface area contributed by atoms with E-state index in [0.717, 1.165) is 11.5 Å². The molecule has 1 aliphatic carbocycles. The van der Waals surface area contributed by atoms with E-state index in [1.54, 1.807) is 6.07 Å². The van der Waals surface area contributed by atoms with E-state index < -0.39 is 0 Å². The maximum Gasteiger partial charge on any atom is 0.124 e. The van der Waals surface area contributed by atoms with Gasteiger partial charge in [0, 0.05) is 12.6 Å². The Kier molecular flexibility index (Phi) is 4.55. The Labute approximate surface area is 114 Å². The van der Waals surface area contributed by atoms with Crippen molar-refractivity contribution in [1.29, 1.82) is 5.26 Å². The van der Waals surface area contributed by atoms with Gasteiger partial charge >= 0.3 is 0 Å². The van der Waals surface area contributed by atoms with Crippen molar-refractivity contribution in [3.05, 3.63) is 35.1 Å². The Morgan fingerprint density at radius 2 is 2.16 bits per heavy atom. The lowest BCUT2D eigenvalue weighted by molar-refractivity contribution is 0.157. The predicted molar refractivity (Wildman–Crippen MR) is 74.0 cm³/mol. The number of nitriles is 1. The first-order chi connectivity index (χ1) is 9.08. The minimum atomic E-state index is -0.320. The van der Waals surface area contributed by atoms with E-state index in [9.17, 15) is 4.39 Å². The van der Waals surface area contributed by atoms with Crippen LogP contribution in [0.15, 0.2) is 18.2 Å². The standard InChI is InChI=1S/C16H21FN2/c1-12-4-3-5-16(6-12)19(2)11-14-7-13(10-18)8-15(17)9-14/h7-9,12,16H,3-6,11H2,1-2H3. The first-order valence-corrected chi connectivity index (χ1v) is 6.98. The molecule has 0 aliphatic heterocycles. The Bertz CT molecular complexity index is 478. The third-order valence-electron chi connectivity index (χ3n) is 4.05. The second kappa shape index (κ2) is 6.16. The molecule has 1 fully saturated rings. The van der Waals surface area contributed by atoms with Crippen molar-refractivity contribution in [2.45, 2.75) is 45.2 Å². The van der Waals surface area contributed by atoms with Crippen LogP contribution in [0.3, 0.4) is 0 Å². The van der Waals surface area contributed by atoms with Gasteiger partial charge in [0.25, 0.3) is 0 Å². The van der Waals surface area contributed by atoms with Gasteiger partial charge in [-0.2, -0.15) is 5.26 Å². The summed E-state index contributed by atoms with van der Waals surface area (Å²) >= 11 is 0. The lowest BCUT2D eigenvalue weighted by Gasteiger charge is -2.34. The summed E-state index contributed by atoms with van der Waals surface area (Å²) in [6.45, 7) is 3.01. The highest BCUT2D eigenvalue weighted by molar-refractivity contribution is 5.33. The molecule has 19 heavy (non-hydrogen) atoms. The van der Waals surface area contributed by atoms with Crippen molar-refractivity contribution < 1.29 is 4.39 Å². The summed E-state index contributed by atoms with van der Waals surface area (Å²) in [5.41, 5.74) is 1.29. The maximum absolute atomic E-state index is 13.4. The Morgan fingerprint density at radius 3 is 2.84 bits per heavy atom. The molecule has 0 saturated heterocycles. The van der Waals surface area contributed by atoms with Crippen molar-refractivity contribution >= 4 is 0 Å². The quantitative estimate of drug-likeness (QED) is 0.828. The van der Waals surface area contributed by atoms with Gasteiger partial charge in [-0.3, -0.25) is 4.90 Å². The van der Waals surface area contributed by atoms with E-state index in [1.165, 1.54) is 37.8 Å². The topological polar surface area (TPSA) is 27.0 Å². The number of hydrogen-bond donors (Lipinski definition) is 0. The van der Waals surface area contributed by atoms with E-state index in [0.29, 0.717) is 18.2 Å². The van der Waals surface area contributed by atoms with Crippen LogP contribution in [0.4, 0.5) is 4.39 Å². The molecule has 0 amide bonds. The lowest BCUT2D eigenvalue weighted by Crippen LogP contribution is -2.35. The van der Waals surface area contributed by atoms with Gasteiger partial charge in [-0.1, -0.05) is 19.8 Å². The van der Waals surface area contributed by atoms with E-state index in [1.807, 2.05) is 6.07 Å². The van der Waals surface area contributed by atoms with Gasteiger partial charge in [0.1, 0.15) is 5.82 Å². The van der Waals surface area contributed by atoms with E-state index >= 15 is 0 Å². The van der Waals surface area contributed by atoms with Crippen LogP contribution in [0.25, 0.3) is 0 Å². The predicted octanol–water partition coefficient (Wildman–Crippen LogP) is 3.71. The zero-order valence-electron chi connectivity index (χ0n) is 11.7. The average molecular weight is 260 g/mol. The highest BCUT2D eigenvalue weighted by Gasteiger charge is 2.22. The fourth-order valence-corrected chi connectivity index (χ4v) is 3.03. The van der Waals surface area contributed by atoms with Crippen LogP contribution >= 0.6 is 0 Å². The summed E-state index contributed by atoms with van der Waals surface area (Å²) < 4.78 is 13.4. The molecule has 2 unspecified atom stereocenters. The van der Waals surface area contributed by atoms with Gasteiger partial charge in [-0.25, -0.2) is 4.39 Å². The average Bonchev–Trinajstić information content (AvgIpc) is 2.38. The van der Waals surface area contributed by atoms with E-state index in [2.05, 4.69) is 18.9 Å². The minimum absolute atomic E-state index is 0.320. The van der Waals surface area contributed by atoms with Crippen molar-refractivity contribution in [2.75, 3.05) is 7.05 Å². The molecule has 0 bridgehead atoms. The Balaban J connectivity index is 2.04. The second-order valence-electron chi connectivity index (χ2n) is 5.80. The molecular weight excluding hydrogens is 239 g/mol. The molecule has 0 radical (unpaired) electrons. The SMILES string of the molecule is CC1CCCC(N(C)Cc2cc(F)cc(C#N)c2)C1. The van der Waals surface area contributed by atoms with Gasteiger partial charge < -0.3 is 0 Å². The Morgan fingerprint density at radius 1 is 1.37 bits per heavy atom. The summed E-state index contributed by atoms with van der Waals surface area (Å²) in [5, 5.41) is 8.87. The Hall–Kier alpha value is -1.40. The normalized spacial score (nSPS) is 23.3. The number of benzene rings is 1. The molecule has 0 heterocycles. The van der Waals surface area contributed by atoms with Crippen LogP contribution < -0.4 is 0 Å². The fraction of sp³-hybridized carbons (Fsp3) is 0.562. The largest absolute Gasteiger partial charge is 0.299 e. The molecule has 0 aromatic heterocycles. The molecule has 0 N–H and O–H groups in total. The third-order valence-corrected chi connectivity index (χ3v) is 4.05. The summed E-state index contributed by atoms with van der Waals surface area (Å²) in [5.74, 6) is 0.461. The summed E-state index contributed by atoms with van der Waals surface area (Å²) in [6.07, 6.45) is 5.05. The smallest absolute Gasteiger partial charge is 0.124 e. The zero-order chi connectivity index (χ0) is 13.8. The van der Waals surface area contributed by atoms with Gasteiger partial charge in [0.05, 0.1) is 11.6 Å². The molecule has 3 heteroatoms. The van der Waals surface area contributed by atoms with Crippen molar-refractivity contribution in [3.63, 3.8) is 0 Å². The van der Waals surface area contributed by atoms with Crippen LogP contribution in [0.2, 0.25) is 0 Å². The minimum Gasteiger partial charge on any atom is -0.299 e. The summed E-state index contributed by atoms with van der Waals surface area (Å²) in [4.78, 5) is 2.30. The molecule has 1 aromatic rings. The van der Waals surface area contributed by atoms with Crippen molar-refractivity contribution in [3.8, 4) is 6.07 Å². The number of hydrogen-bond acceptors (Lipinski definition) is 2. The first-order valence-electron chi connectivity index (χ1n) is 6.98. The molecule has 2 atom stereocenters. The monoisotopic (exact) mass is 260 g/mol. The molecule has 1 aromatic carbocycles. The molecule has 1 saturated carbocycles. The summed E-state index contributed by atoms with van der Waals surface area (Å²) in [7, 11) is 2.10. The van der Waals surface area contributed by atoms with Gasteiger partial charge in [-0.05, 0) is 49.6 Å². The van der Waals surface area contributed by atoms with Crippen LogP contribution in [0, 0.1) is 23.1 Å². The molecule has 102 valence electrons. The van der Waals surface area contributed by atoms with Crippen molar-refractivity contribution in [1.82, 2.24) is 4.90 Å². The number of halogens is 1. The first kappa shape index (κ1) is 14.0. The molecule has 2 rings (SSSR count). The second-order valence-corrected chi connectivity index (χ2v) is 5.80. The van der Waals surface area contributed by atoms with Crippen LogP contribution in [-0.4, -0.2) is 18.0 Å². The maximum atomic E-state index is 13.4. The molecule has 0 spiro atoms. The van der Waals surface area contributed by atoms with Crippen LogP contribution in [-0.2, 0) is 6.54 Å². The van der Waals surface area contributed by atoms with Crippen LogP contribution in [0.1, 0.15) is 43.7 Å². The van der Waals surface area contributed by atoms with Gasteiger partial charge in [-0.15, -0.1) is 0 Å². The fourth-order valence-electron chi connectivity index (χ4n) is 3.03. The molecule has 1 aliphatic rings. The highest BCUT2D eigenvalue weighted by atomic mass is 19.1. The highest BCUT2D eigenvalue weighted by Crippen LogP contribution is 2.27. The van der Waals surface area contributed by atoms with Gasteiger partial charge in [0.2, 0.25) is 0 Å². The van der Waals surface area contributed by atoms with Gasteiger partial charge in [0.15, 0.2) is 0 Å². The molecular formula is C16H21FN2. The zero-order valence-corrected chi connectivity index (χ0v) is 11.7. The van der Waals surface area contributed by atoms with E-state index in [-0.39, 0.29) is 5.82 Å². The van der Waals surface area contributed by atoms with Crippen molar-refractivity contribution in [2.24, 2.45) is 5.92 Å². The summed E-state index contributed by atoms with van der Waals surface area (Å²) in [6, 6.07) is 7.19. The number of nitrogens with zero attached hydrogens (tertiary/aromatic N) is 2. The van der Waals surface area contributed by atoms with E-state index in [4.69, 9.17) is 5.26 Å².